The summed E-state index contributed by atoms with van der Waals surface area (Å²) in [6.45, 7) is 3.95. The van der Waals surface area contributed by atoms with E-state index in [1.54, 1.807) is 11.6 Å². The number of amides is 2. The molecule has 9 nitrogen and oxygen atoms in total. The number of piperidine rings is 1. The Balaban J connectivity index is 1.55. The molecule has 2 atom stereocenters. The van der Waals surface area contributed by atoms with Crippen LogP contribution in [-0.2, 0) is 27.8 Å². The highest BCUT2D eigenvalue weighted by Gasteiger charge is 2.31. The molecule has 4 rings (SSSR count). The molecule has 0 saturated carbocycles. The molecular weight excluding hydrogens is 386 g/mol. The van der Waals surface area contributed by atoms with Crippen molar-refractivity contribution >= 4 is 22.8 Å². The maximum absolute atomic E-state index is 13.0. The Morgan fingerprint density at radius 1 is 1.27 bits per heavy atom. The summed E-state index contributed by atoms with van der Waals surface area (Å²) >= 11 is 0. The number of hydrogen-bond donors (Lipinski definition) is 2. The molecule has 3 heterocycles. The smallest absolute Gasteiger partial charge is 0.329 e. The van der Waals surface area contributed by atoms with Crippen molar-refractivity contribution in [3.05, 3.63) is 34.2 Å². The quantitative estimate of drug-likeness (QED) is 0.638. The Hall–Kier alpha value is -2.49. The zero-order valence-electron chi connectivity index (χ0n) is 17.3. The molecule has 0 aliphatic carbocycles. The summed E-state index contributed by atoms with van der Waals surface area (Å²) in [7, 11) is 1.74. The average Bonchev–Trinajstić information content (AvgIpc) is 2.99. The Bertz CT molecular complexity index is 1010. The molecule has 0 radical (unpaired) electrons. The Labute approximate surface area is 174 Å². The Morgan fingerprint density at radius 3 is 2.87 bits per heavy atom. The molecule has 1 aromatic carbocycles. The van der Waals surface area contributed by atoms with Gasteiger partial charge in [0.15, 0.2) is 0 Å². The fraction of sp³-hybridized carbons (Fsp3) is 0.571. The van der Waals surface area contributed by atoms with E-state index in [1.165, 1.54) is 4.57 Å². The number of hydrogen-bond acceptors (Lipinski definition) is 6. The maximum atomic E-state index is 13.0. The molecular formula is C21H29N5O4. The number of aryl methyl sites for hydroxylation is 2. The topological polar surface area (TPSA) is 112 Å². The number of morpholine rings is 1. The van der Waals surface area contributed by atoms with E-state index in [1.807, 2.05) is 18.2 Å². The second kappa shape index (κ2) is 8.71. The molecule has 2 amide bonds. The Morgan fingerprint density at radius 2 is 2.10 bits per heavy atom. The normalized spacial score (nSPS) is 23.1. The predicted octanol–water partition coefficient (Wildman–Crippen LogP) is -0.0902. The van der Waals surface area contributed by atoms with Gasteiger partial charge in [0.25, 0.3) is 0 Å². The summed E-state index contributed by atoms with van der Waals surface area (Å²) in [5, 5.41) is 2.35. The van der Waals surface area contributed by atoms with Crippen LogP contribution in [0.5, 0.6) is 0 Å². The molecule has 2 aromatic rings. The van der Waals surface area contributed by atoms with Gasteiger partial charge < -0.3 is 10.5 Å². The minimum Gasteiger partial charge on any atom is -0.374 e. The van der Waals surface area contributed by atoms with E-state index < -0.39 is 11.9 Å². The molecule has 2 aliphatic rings. The van der Waals surface area contributed by atoms with Gasteiger partial charge in [-0.05, 0) is 37.4 Å². The molecule has 3 N–H and O–H groups in total. The van der Waals surface area contributed by atoms with Crippen molar-refractivity contribution in [3.63, 3.8) is 0 Å². The van der Waals surface area contributed by atoms with E-state index in [0.29, 0.717) is 19.6 Å². The van der Waals surface area contributed by atoms with Gasteiger partial charge >= 0.3 is 5.69 Å². The zero-order chi connectivity index (χ0) is 21.3. The third kappa shape index (κ3) is 3.92. The number of carbonyl (C=O) groups is 2. The van der Waals surface area contributed by atoms with Crippen molar-refractivity contribution in [2.24, 2.45) is 12.8 Å². The van der Waals surface area contributed by atoms with Crippen LogP contribution in [0.15, 0.2) is 23.0 Å². The van der Waals surface area contributed by atoms with Gasteiger partial charge in [-0.3, -0.25) is 28.9 Å². The fourth-order valence-electron chi connectivity index (χ4n) is 4.57. The lowest BCUT2D eigenvalue weighted by Crippen LogP contribution is -2.45. The lowest BCUT2D eigenvalue weighted by molar-refractivity contribution is -0.135. The van der Waals surface area contributed by atoms with Gasteiger partial charge in [-0.15, -0.1) is 0 Å². The number of ether oxygens (including phenoxy) is 1. The Kier molecular flexibility index (Phi) is 6.03. The first-order chi connectivity index (χ1) is 14.5. The summed E-state index contributed by atoms with van der Waals surface area (Å²) in [5.74, 6) is -0.696. The monoisotopic (exact) mass is 415 g/mol. The summed E-state index contributed by atoms with van der Waals surface area (Å²) in [6, 6.07) is 5.19. The van der Waals surface area contributed by atoms with Crippen molar-refractivity contribution in [1.29, 1.82) is 0 Å². The van der Waals surface area contributed by atoms with Crippen LogP contribution >= 0.6 is 0 Å². The van der Waals surface area contributed by atoms with E-state index in [4.69, 9.17) is 10.5 Å². The molecule has 0 spiro atoms. The fourth-order valence-corrected chi connectivity index (χ4v) is 4.57. The highest BCUT2D eigenvalue weighted by atomic mass is 16.5. The number of nitrogens with zero attached hydrogens (tertiary/aromatic N) is 3. The number of fused-ring (bicyclic) bond motifs is 1. The van der Waals surface area contributed by atoms with Crippen molar-refractivity contribution in [3.8, 4) is 0 Å². The lowest BCUT2D eigenvalue weighted by Gasteiger charge is -2.32. The van der Waals surface area contributed by atoms with Gasteiger partial charge in [0.2, 0.25) is 11.8 Å². The number of imide groups is 1. The van der Waals surface area contributed by atoms with Gasteiger partial charge in [-0.25, -0.2) is 4.79 Å². The van der Waals surface area contributed by atoms with Crippen LogP contribution in [-0.4, -0.2) is 64.7 Å². The van der Waals surface area contributed by atoms with Gasteiger partial charge in [-0.2, -0.15) is 0 Å². The molecule has 0 bridgehead atoms. The molecule has 162 valence electrons. The summed E-state index contributed by atoms with van der Waals surface area (Å²) in [5.41, 5.74) is 8.18. The van der Waals surface area contributed by atoms with Crippen LogP contribution in [0.4, 0.5) is 0 Å². The first-order valence-electron chi connectivity index (χ1n) is 10.6. The average molecular weight is 415 g/mol. The SMILES string of the molecule is Cn1c(=O)n(C2CCC(=O)NC2=O)c2cccc(CCCN3CCO[C@@H](CN)C3)c21. The van der Waals surface area contributed by atoms with Crippen LogP contribution in [0.25, 0.3) is 11.0 Å². The number of nitrogens with two attached hydrogens (primary N) is 1. The lowest BCUT2D eigenvalue weighted by atomic mass is 10.0. The summed E-state index contributed by atoms with van der Waals surface area (Å²) in [6.07, 6.45) is 2.46. The minimum atomic E-state index is -0.657. The van der Waals surface area contributed by atoms with Gasteiger partial charge in [0, 0.05) is 33.1 Å². The first-order valence-corrected chi connectivity index (χ1v) is 10.6. The van der Waals surface area contributed by atoms with Crippen molar-refractivity contribution in [2.75, 3.05) is 32.8 Å². The highest BCUT2D eigenvalue weighted by Crippen LogP contribution is 2.25. The van der Waals surface area contributed by atoms with Crippen LogP contribution < -0.4 is 16.7 Å². The third-order valence-corrected chi connectivity index (χ3v) is 6.11. The predicted molar refractivity (Wildman–Crippen MR) is 112 cm³/mol. The second-order valence-electron chi connectivity index (χ2n) is 8.10. The summed E-state index contributed by atoms with van der Waals surface area (Å²) < 4.78 is 8.78. The molecule has 1 aromatic heterocycles. The van der Waals surface area contributed by atoms with Crippen molar-refractivity contribution in [2.45, 2.75) is 37.8 Å². The van der Waals surface area contributed by atoms with Crippen molar-refractivity contribution in [1.82, 2.24) is 19.4 Å². The molecule has 2 fully saturated rings. The standard InChI is InChI=1S/C21H29N5O4/c1-24-19-14(5-3-9-25-10-11-30-15(12-22)13-25)4-2-6-16(19)26(21(24)29)17-7-8-18(27)23-20(17)28/h2,4,6,15,17H,3,5,7-13,22H2,1H3,(H,23,27,28)/t15-,17?/m0/s1. The van der Waals surface area contributed by atoms with Crippen LogP contribution in [0, 0.1) is 0 Å². The number of benzene rings is 1. The molecule has 2 aliphatic heterocycles. The highest BCUT2D eigenvalue weighted by molar-refractivity contribution is 6.00. The van der Waals surface area contributed by atoms with Gasteiger partial charge in [-0.1, -0.05) is 12.1 Å². The number of rotatable bonds is 6. The van der Waals surface area contributed by atoms with E-state index in [2.05, 4.69) is 10.2 Å². The number of para-hydroxylation sites is 1. The minimum absolute atomic E-state index is 0.102. The van der Waals surface area contributed by atoms with E-state index >= 15 is 0 Å². The number of nitrogens with one attached hydrogen (secondary N) is 1. The van der Waals surface area contributed by atoms with Crippen LogP contribution in [0.2, 0.25) is 0 Å². The van der Waals surface area contributed by atoms with Crippen LogP contribution in [0.3, 0.4) is 0 Å². The largest absolute Gasteiger partial charge is 0.374 e. The first kappa shape index (κ1) is 20.8. The molecule has 1 unspecified atom stereocenters. The van der Waals surface area contributed by atoms with E-state index in [0.717, 1.165) is 49.1 Å². The van der Waals surface area contributed by atoms with Crippen molar-refractivity contribution < 1.29 is 14.3 Å². The number of imidazole rings is 1. The number of aromatic nitrogens is 2. The number of carbonyl (C=O) groups excluding carboxylic acids is 2. The van der Waals surface area contributed by atoms with Gasteiger partial charge in [0.1, 0.15) is 6.04 Å². The molecule has 30 heavy (non-hydrogen) atoms. The zero-order valence-corrected chi connectivity index (χ0v) is 17.3. The summed E-state index contributed by atoms with van der Waals surface area (Å²) in [4.78, 5) is 39.2. The van der Waals surface area contributed by atoms with Crippen LogP contribution in [0.1, 0.15) is 30.9 Å². The molecule has 2 saturated heterocycles. The third-order valence-electron chi connectivity index (χ3n) is 6.11. The second-order valence-corrected chi connectivity index (χ2v) is 8.10. The molecule has 9 heteroatoms. The maximum Gasteiger partial charge on any atom is 0.329 e. The van der Waals surface area contributed by atoms with E-state index in [9.17, 15) is 14.4 Å². The van der Waals surface area contributed by atoms with E-state index in [-0.39, 0.29) is 24.1 Å². The van der Waals surface area contributed by atoms with Gasteiger partial charge in [0.05, 0.1) is 23.7 Å².